The van der Waals surface area contributed by atoms with Crippen LogP contribution in [0.15, 0.2) is 53.9 Å². The quantitative estimate of drug-likeness (QED) is 0.468. The first-order valence-electron chi connectivity index (χ1n) is 9.74. The minimum Gasteiger partial charge on any atom is -0.383 e. The number of amides is 1. The molecule has 0 unspecified atom stereocenters. The molecule has 0 atom stereocenters. The molecule has 0 bridgehead atoms. The SMILES string of the molecule is Nc1nc2cc(C3=NNCC3)ccc2c2nn(CCNC(=O)c3ccccn3)cc12. The Balaban J connectivity index is 1.38. The topological polar surface area (TPSA) is 123 Å². The van der Waals surface area contributed by atoms with Gasteiger partial charge in [-0.25, -0.2) is 4.98 Å². The Hall–Kier alpha value is -4.01. The van der Waals surface area contributed by atoms with E-state index < -0.39 is 0 Å². The van der Waals surface area contributed by atoms with Gasteiger partial charge in [-0.15, -0.1) is 0 Å². The van der Waals surface area contributed by atoms with Gasteiger partial charge in [-0.2, -0.15) is 10.2 Å². The number of carbonyl (C=O) groups is 1. The maximum Gasteiger partial charge on any atom is 0.269 e. The van der Waals surface area contributed by atoms with Crippen molar-refractivity contribution in [3.05, 3.63) is 60.0 Å². The van der Waals surface area contributed by atoms with Gasteiger partial charge in [-0.3, -0.25) is 14.5 Å². The summed E-state index contributed by atoms with van der Waals surface area (Å²) in [7, 11) is 0. The van der Waals surface area contributed by atoms with Crippen molar-refractivity contribution in [1.29, 1.82) is 0 Å². The lowest BCUT2D eigenvalue weighted by Gasteiger charge is -2.05. The number of nitrogens with zero attached hydrogens (tertiary/aromatic N) is 5. The molecule has 30 heavy (non-hydrogen) atoms. The first-order valence-corrected chi connectivity index (χ1v) is 9.74. The van der Waals surface area contributed by atoms with Gasteiger partial charge in [0.2, 0.25) is 0 Å². The van der Waals surface area contributed by atoms with Crippen LogP contribution in [0.1, 0.15) is 22.5 Å². The number of aromatic nitrogens is 4. The molecule has 5 rings (SSSR count). The summed E-state index contributed by atoms with van der Waals surface area (Å²) in [6.07, 6.45) is 4.35. The molecule has 9 heteroatoms. The maximum absolute atomic E-state index is 12.1. The number of nitrogen functional groups attached to an aromatic ring is 1. The molecule has 0 saturated heterocycles. The molecule has 0 saturated carbocycles. The van der Waals surface area contributed by atoms with Crippen LogP contribution >= 0.6 is 0 Å². The van der Waals surface area contributed by atoms with Crippen molar-refractivity contribution in [2.24, 2.45) is 5.10 Å². The van der Waals surface area contributed by atoms with Crippen LogP contribution in [-0.4, -0.2) is 44.5 Å². The minimum absolute atomic E-state index is 0.212. The second-order valence-electron chi connectivity index (χ2n) is 7.07. The number of nitrogens with one attached hydrogen (secondary N) is 2. The van der Waals surface area contributed by atoms with Crippen molar-refractivity contribution in [3.63, 3.8) is 0 Å². The predicted octanol–water partition coefficient (Wildman–Crippen LogP) is 1.69. The summed E-state index contributed by atoms with van der Waals surface area (Å²) in [4.78, 5) is 20.7. The molecule has 1 amide bonds. The summed E-state index contributed by atoms with van der Waals surface area (Å²) in [6, 6.07) is 11.3. The third kappa shape index (κ3) is 3.30. The summed E-state index contributed by atoms with van der Waals surface area (Å²) in [5.74, 6) is 0.223. The van der Waals surface area contributed by atoms with Crippen molar-refractivity contribution in [1.82, 2.24) is 30.5 Å². The number of hydrazone groups is 1. The monoisotopic (exact) mass is 400 g/mol. The van der Waals surface area contributed by atoms with Gasteiger partial charge >= 0.3 is 0 Å². The summed E-state index contributed by atoms with van der Waals surface area (Å²) < 4.78 is 1.78. The predicted molar refractivity (Wildman–Crippen MR) is 115 cm³/mol. The molecule has 0 aliphatic carbocycles. The molecule has 4 N–H and O–H groups in total. The minimum atomic E-state index is -0.212. The molecule has 150 valence electrons. The van der Waals surface area contributed by atoms with Crippen LogP contribution in [0.25, 0.3) is 21.8 Å². The number of benzene rings is 1. The standard InChI is InChI=1S/C21H20N8O/c22-20-15-12-29(10-9-24-21(30)17-3-1-2-7-23-17)28-19(15)14-5-4-13(11-18(14)26-20)16-6-8-25-27-16/h1-5,7,11-12,25H,6,8-10H2,(H2,22,26)(H,24,30). The Kier molecular flexibility index (Phi) is 4.47. The highest BCUT2D eigenvalue weighted by atomic mass is 16.1. The van der Waals surface area contributed by atoms with Crippen molar-refractivity contribution < 1.29 is 4.79 Å². The van der Waals surface area contributed by atoms with Gasteiger partial charge in [0.15, 0.2) is 0 Å². The lowest BCUT2D eigenvalue weighted by atomic mass is 10.0. The van der Waals surface area contributed by atoms with Crippen LogP contribution in [0.5, 0.6) is 0 Å². The molecule has 0 spiro atoms. The van der Waals surface area contributed by atoms with E-state index in [1.54, 1.807) is 29.1 Å². The van der Waals surface area contributed by atoms with Crippen LogP contribution in [0, 0.1) is 0 Å². The first kappa shape index (κ1) is 18.0. The van der Waals surface area contributed by atoms with E-state index >= 15 is 0 Å². The van der Waals surface area contributed by atoms with Crippen LogP contribution in [0.2, 0.25) is 0 Å². The number of carbonyl (C=O) groups excluding carboxylic acids is 1. The van der Waals surface area contributed by atoms with E-state index in [-0.39, 0.29) is 5.91 Å². The van der Waals surface area contributed by atoms with E-state index in [4.69, 9.17) is 5.73 Å². The average Bonchev–Trinajstić information content (AvgIpc) is 3.45. The van der Waals surface area contributed by atoms with Crippen LogP contribution in [0.4, 0.5) is 5.82 Å². The van der Waals surface area contributed by atoms with Crippen molar-refractivity contribution in [3.8, 4) is 0 Å². The van der Waals surface area contributed by atoms with Crippen LogP contribution < -0.4 is 16.5 Å². The summed E-state index contributed by atoms with van der Waals surface area (Å²) >= 11 is 0. The van der Waals surface area contributed by atoms with Gasteiger partial charge < -0.3 is 16.5 Å². The average molecular weight is 400 g/mol. The van der Waals surface area contributed by atoms with Crippen molar-refractivity contribution in [2.75, 3.05) is 18.8 Å². The Morgan fingerprint density at radius 1 is 1.23 bits per heavy atom. The molecule has 0 radical (unpaired) electrons. The summed E-state index contributed by atoms with van der Waals surface area (Å²) in [6.45, 7) is 1.78. The van der Waals surface area contributed by atoms with Gasteiger partial charge in [-0.1, -0.05) is 12.1 Å². The molecule has 9 nitrogen and oxygen atoms in total. The van der Waals surface area contributed by atoms with E-state index in [0.29, 0.717) is 24.6 Å². The van der Waals surface area contributed by atoms with Gasteiger partial charge in [0.25, 0.3) is 5.91 Å². The fourth-order valence-electron chi connectivity index (χ4n) is 3.58. The Labute approximate surface area is 172 Å². The highest BCUT2D eigenvalue weighted by Crippen LogP contribution is 2.28. The van der Waals surface area contributed by atoms with Crippen molar-refractivity contribution >= 4 is 39.2 Å². The molecular formula is C21H20N8O. The third-order valence-electron chi connectivity index (χ3n) is 5.08. The van der Waals surface area contributed by atoms with E-state index in [2.05, 4.69) is 30.9 Å². The van der Waals surface area contributed by atoms with Gasteiger partial charge in [0.1, 0.15) is 17.0 Å². The smallest absolute Gasteiger partial charge is 0.269 e. The van der Waals surface area contributed by atoms with E-state index in [9.17, 15) is 4.79 Å². The Morgan fingerprint density at radius 2 is 2.17 bits per heavy atom. The second kappa shape index (κ2) is 7.43. The highest BCUT2D eigenvalue weighted by Gasteiger charge is 2.14. The van der Waals surface area contributed by atoms with E-state index in [0.717, 1.165) is 46.0 Å². The lowest BCUT2D eigenvalue weighted by molar-refractivity contribution is 0.0947. The molecule has 3 aromatic heterocycles. The zero-order chi connectivity index (χ0) is 20.5. The number of hydrogen-bond acceptors (Lipinski definition) is 7. The molecule has 4 aromatic rings. The van der Waals surface area contributed by atoms with Gasteiger partial charge in [0, 0.05) is 37.3 Å². The zero-order valence-electron chi connectivity index (χ0n) is 16.2. The zero-order valence-corrected chi connectivity index (χ0v) is 16.2. The van der Waals surface area contributed by atoms with Crippen molar-refractivity contribution in [2.45, 2.75) is 13.0 Å². The second-order valence-corrected chi connectivity index (χ2v) is 7.07. The maximum atomic E-state index is 12.1. The number of rotatable bonds is 5. The summed E-state index contributed by atoms with van der Waals surface area (Å²) in [5.41, 5.74) is 13.2. The number of nitrogens with two attached hydrogens (primary N) is 1. The van der Waals surface area contributed by atoms with Gasteiger partial charge in [0.05, 0.1) is 23.2 Å². The highest BCUT2D eigenvalue weighted by molar-refractivity contribution is 6.10. The molecule has 1 aliphatic heterocycles. The van der Waals surface area contributed by atoms with Gasteiger partial charge in [-0.05, 0) is 29.8 Å². The number of anilines is 1. The largest absolute Gasteiger partial charge is 0.383 e. The lowest BCUT2D eigenvalue weighted by Crippen LogP contribution is -2.28. The normalized spacial score (nSPS) is 13.4. The molecule has 0 fully saturated rings. The fraction of sp³-hybridized carbons (Fsp3) is 0.190. The fourth-order valence-corrected chi connectivity index (χ4v) is 3.58. The molecule has 4 heterocycles. The van der Waals surface area contributed by atoms with Crippen LogP contribution in [0.3, 0.4) is 0 Å². The molecular weight excluding hydrogens is 380 g/mol. The Bertz CT molecular complexity index is 1280. The number of fused-ring (bicyclic) bond motifs is 3. The number of pyridine rings is 2. The summed E-state index contributed by atoms with van der Waals surface area (Å²) in [5, 5.41) is 13.6. The van der Waals surface area contributed by atoms with Crippen LogP contribution in [-0.2, 0) is 6.54 Å². The van der Waals surface area contributed by atoms with E-state index in [1.807, 2.05) is 24.4 Å². The molecule has 1 aromatic carbocycles. The Morgan fingerprint density at radius 3 is 2.97 bits per heavy atom. The molecule has 1 aliphatic rings. The number of hydrogen-bond donors (Lipinski definition) is 3. The third-order valence-corrected chi connectivity index (χ3v) is 5.08. The van der Waals surface area contributed by atoms with E-state index in [1.165, 1.54) is 0 Å². The first-order chi connectivity index (χ1) is 14.7.